The van der Waals surface area contributed by atoms with Crippen molar-refractivity contribution in [2.75, 3.05) is 51.9 Å². The molecular weight excluding hydrogens is 382 g/mol. The molecule has 1 aliphatic heterocycles. The first-order chi connectivity index (χ1) is 13.0. The highest BCUT2D eigenvalue weighted by atomic mass is 32.2. The molecule has 0 bridgehead atoms. The van der Waals surface area contributed by atoms with Crippen LogP contribution in [0.2, 0.25) is 0 Å². The van der Waals surface area contributed by atoms with Crippen molar-refractivity contribution in [3.63, 3.8) is 0 Å². The summed E-state index contributed by atoms with van der Waals surface area (Å²) in [5, 5.41) is 0. The highest BCUT2D eigenvalue weighted by Gasteiger charge is 2.27. The van der Waals surface area contributed by atoms with Crippen molar-refractivity contribution in [3.8, 4) is 5.75 Å². The predicted molar refractivity (Wildman–Crippen MR) is 109 cm³/mol. The van der Waals surface area contributed by atoms with E-state index in [1.165, 1.54) is 0 Å². The normalized spacial score (nSPS) is 25.3. The second kappa shape index (κ2) is 9.11. The number of hydrogen-bond donors (Lipinski definition) is 1. The van der Waals surface area contributed by atoms with Crippen LogP contribution in [0, 0.1) is 5.92 Å². The molecule has 0 aromatic heterocycles. The number of ether oxygens (including phenoxy) is 2. The smallest absolute Gasteiger partial charge is 0.257 e. The molecule has 1 N–H and O–H groups in total. The lowest BCUT2D eigenvalue weighted by Crippen LogP contribution is -2.45. The Kier molecular flexibility index (Phi) is 7.30. The van der Waals surface area contributed by atoms with Crippen molar-refractivity contribution in [3.05, 3.63) is 23.8 Å². The van der Waals surface area contributed by atoms with Gasteiger partial charge in [0.15, 0.2) is 0 Å². The van der Waals surface area contributed by atoms with Crippen LogP contribution in [0.5, 0.6) is 5.75 Å². The summed E-state index contributed by atoms with van der Waals surface area (Å²) in [4.78, 5) is 16.8. The number of carbonyl (C=O) groups excluding carboxylic acids is 1. The fraction of sp³-hybridized carbons (Fsp3) is 0.632. The number of rotatable bonds is 3. The maximum Gasteiger partial charge on any atom is 0.257 e. The molecule has 158 valence electrons. The van der Waals surface area contributed by atoms with Crippen molar-refractivity contribution < 1.29 is 22.7 Å². The molecule has 0 unspecified atom stereocenters. The molecule has 8 nitrogen and oxygen atoms in total. The number of carbonyl (C=O) groups is 1. The van der Waals surface area contributed by atoms with Crippen LogP contribution in [-0.4, -0.2) is 83.4 Å². The summed E-state index contributed by atoms with van der Waals surface area (Å²) in [6.45, 7) is 5.77. The van der Waals surface area contributed by atoms with Crippen molar-refractivity contribution in [1.29, 1.82) is 0 Å². The van der Waals surface area contributed by atoms with Crippen molar-refractivity contribution in [2.24, 2.45) is 5.92 Å². The van der Waals surface area contributed by atoms with E-state index in [0.29, 0.717) is 30.2 Å². The highest BCUT2D eigenvalue weighted by Crippen LogP contribution is 2.27. The van der Waals surface area contributed by atoms with Gasteiger partial charge >= 0.3 is 0 Å². The van der Waals surface area contributed by atoms with E-state index in [2.05, 4.69) is 16.5 Å². The third-order valence-electron chi connectivity index (χ3n) is 5.06. The molecule has 1 heterocycles. The topological polar surface area (TPSA) is 88.2 Å². The predicted octanol–water partition coefficient (Wildman–Crippen LogP) is 1.49. The van der Waals surface area contributed by atoms with Crippen LogP contribution in [0.1, 0.15) is 24.2 Å². The maximum atomic E-state index is 13.0. The third kappa shape index (κ3) is 5.83. The van der Waals surface area contributed by atoms with Gasteiger partial charge in [-0.1, -0.05) is 6.92 Å². The lowest BCUT2D eigenvalue weighted by molar-refractivity contribution is 0.0150. The molecule has 28 heavy (non-hydrogen) atoms. The van der Waals surface area contributed by atoms with Crippen LogP contribution < -0.4 is 9.46 Å². The maximum absolute atomic E-state index is 13.0. The summed E-state index contributed by atoms with van der Waals surface area (Å²) in [5.41, 5.74) is 0.743. The highest BCUT2D eigenvalue weighted by molar-refractivity contribution is 7.92. The third-order valence-corrected chi connectivity index (χ3v) is 5.67. The number of anilines is 1. The van der Waals surface area contributed by atoms with Gasteiger partial charge in [0.05, 0.1) is 23.6 Å². The van der Waals surface area contributed by atoms with Crippen LogP contribution in [-0.2, 0) is 14.8 Å². The van der Waals surface area contributed by atoms with Crippen molar-refractivity contribution >= 4 is 21.6 Å². The lowest BCUT2D eigenvalue weighted by Gasteiger charge is -2.34. The zero-order chi connectivity index (χ0) is 21.1. The Labute approximate surface area is 167 Å². The Morgan fingerprint density at radius 3 is 2.50 bits per heavy atom. The Morgan fingerprint density at radius 2 is 1.89 bits per heavy atom. The summed E-state index contributed by atoms with van der Waals surface area (Å²) in [6.07, 6.45) is 0.980. The van der Waals surface area contributed by atoms with Crippen LogP contribution >= 0.6 is 0 Å². The largest absolute Gasteiger partial charge is 0.491 e. The van der Waals surface area contributed by atoms with Gasteiger partial charge < -0.3 is 14.4 Å². The molecule has 0 radical (unpaired) electrons. The molecule has 0 saturated carbocycles. The molecule has 1 aromatic carbocycles. The Hall–Kier alpha value is -1.84. The van der Waals surface area contributed by atoms with Crippen molar-refractivity contribution in [1.82, 2.24) is 9.80 Å². The molecule has 0 saturated heterocycles. The summed E-state index contributed by atoms with van der Waals surface area (Å²) >= 11 is 0. The number of methoxy groups -OCH3 is 1. The zero-order valence-electron chi connectivity index (χ0n) is 17.4. The monoisotopic (exact) mass is 413 g/mol. The molecule has 2 rings (SSSR count). The van der Waals surface area contributed by atoms with E-state index in [1.807, 2.05) is 14.0 Å². The second-order valence-electron chi connectivity index (χ2n) is 7.62. The van der Waals surface area contributed by atoms with E-state index < -0.39 is 10.0 Å². The molecule has 0 fully saturated rings. The number of hydrogen-bond acceptors (Lipinski definition) is 6. The standard InChI is InChI=1S/C19H31N3O5S/c1-13-10-21(3)14(2)12-27-17-9-15(20-28(6,24)25)7-8-16(17)19(23)22(4)11-18(13)26-5/h7-9,13-14,18,20H,10-12H2,1-6H3/t13-,14-,18+/m0/s1. The molecule has 3 atom stereocenters. The van der Waals surface area contributed by atoms with Gasteiger partial charge in [0.1, 0.15) is 12.4 Å². The second-order valence-corrected chi connectivity index (χ2v) is 9.37. The number of benzene rings is 1. The summed E-state index contributed by atoms with van der Waals surface area (Å²) in [7, 11) is 1.99. The zero-order valence-corrected chi connectivity index (χ0v) is 18.2. The average Bonchev–Trinajstić information content (AvgIpc) is 2.61. The van der Waals surface area contributed by atoms with Gasteiger partial charge in [-0.3, -0.25) is 14.4 Å². The Balaban J connectivity index is 2.42. The quantitative estimate of drug-likeness (QED) is 0.808. The van der Waals surface area contributed by atoms with Crippen molar-refractivity contribution in [2.45, 2.75) is 26.0 Å². The minimum atomic E-state index is -3.43. The summed E-state index contributed by atoms with van der Waals surface area (Å²) in [6, 6.07) is 4.81. The van der Waals surface area contributed by atoms with Gasteiger partial charge in [0, 0.05) is 39.4 Å². The summed E-state index contributed by atoms with van der Waals surface area (Å²) < 4.78 is 37.1. The van der Waals surface area contributed by atoms with Crippen LogP contribution in [0.15, 0.2) is 18.2 Å². The number of nitrogens with one attached hydrogen (secondary N) is 1. The number of nitrogens with zero attached hydrogens (tertiary/aromatic N) is 2. The van der Waals surface area contributed by atoms with Gasteiger partial charge in [-0.05, 0) is 32.0 Å². The Morgan fingerprint density at radius 1 is 1.21 bits per heavy atom. The van der Waals surface area contributed by atoms with Crippen LogP contribution in [0.4, 0.5) is 5.69 Å². The fourth-order valence-corrected chi connectivity index (χ4v) is 3.79. The number of sulfonamides is 1. The van der Waals surface area contributed by atoms with E-state index >= 15 is 0 Å². The van der Waals surface area contributed by atoms with Gasteiger partial charge in [0.2, 0.25) is 10.0 Å². The molecule has 0 aliphatic carbocycles. The van der Waals surface area contributed by atoms with E-state index in [1.54, 1.807) is 37.3 Å². The Bertz CT molecular complexity index is 799. The van der Waals surface area contributed by atoms with Crippen LogP contribution in [0.3, 0.4) is 0 Å². The minimum absolute atomic E-state index is 0.0985. The first-order valence-corrected chi connectivity index (χ1v) is 11.1. The first-order valence-electron chi connectivity index (χ1n) is 9.25. The molecular formula is C19H31N3O5S. The molecule has 9 heteroatoms. The number of fused-ring (bicyclic) bond motifs is 1. The van der Waals surface area contributed by atoms with Gasteiger partial charge in [-0.2, -0.15) is 0 Å². The van der Waals surface area contributed by atoms with Gasteiger partial charge in [-0.25, -0.2) is 8.42 Å². The van der Waals surface area contributed by atoms with E-state index in [0.717, 1.165) is 12.8 Å². The molecule has 1 aromatic rings. The summed E-state index contributed by atoms with van der Waals surface area (Å²) in [5.74, 6) is 0.387. The average molecular weight is 414 g/mol. The first kappa shape index (κ1) is 22.4. The fourth-order valence-electron chi connectivity index (χ4n) is 3.23. The van der Waals surface area contributed by atoms with Gasteiger partial charge in [0.25, 0.3) is 5.91 Å². The number of likely N-dealkylation sites (N-methyl/N-ethyl adjacent to an activating group) is 2. The van der Waals surface area contributed by atoms with E-state index in [4.69, 9.17) is 9.47 Å². The SMILES string of the molecule is CO[C@@H]1CN(C)C(=O)c2ccc(NS(C)(=O)=O)cc2OC[C@H](C)N(C)C[C@@H]1C. The minimum Gasteiger partial charge on any atom is -0.491 e. The molecule has 1 aliphatic rings. The van der Waals surface area contributed by atoms with Gasteiger partial charge in [-0.15, -0.1) is 0 Å². The molecule has 0 spiro atoms. The number of amides is 1. The van der Waals surface area contributed by atoms with E-state index in [-0.39, 0.29) is 24.0 Å². The van der Waals surface area contributed by atoms with Crippen LogP contribution in [0.25, 0.3) is 0 Å². The molecule has 1 amide bonds. The lowest BCUT2D eigenvalue weighted by atomic mass is 10.0. The van der Waals surface area contributed by atoms with E-state index in [9.17, 15) is 13.2 Å².